The van der Waals surface area contributed by atoms with Crippen LogP contribution in [0.4, 0.5) is 0 Å². The largest absolute Gasteiger partial charge is 0.456 e. The second kappa shape index (κ2) is 4.33. The summed E-state index contributed by atoms with van der Waals surface area (Å²) in [4.78, 5) is 4.31. The van der Waals surface area contributed by atoms with Crippen LogP contribution in [0, 0.1) is 6.92 Å². The van der Waals surface area contributed by atoms with Crippen LogP contribution in [0.5, 0.6) is 0 Å². The summed E-state index contributed by atoms with van der Waals surface area (Å²) in [5.74, 6) is 2.30. The van der Waals surface area contributed by atoms with Crippen LogP contribution in [0.15, 0.2) is 21.1 Å². The molecule has 0 saturated carbocycles. The molecule has 0 atom stereocenters. The summed E-state index contributed by atoms with van der Waals surface area (Å²) in [6.07, 6.45) is 1.53. The highest BCUT2D eigenvalue weighted by Gasteiger charge is 2.29. The molecular formula is C12H17N3O2. The number of aryl methyl sites for hydroxylation is 1. The lowest BCUT2D eigenvalue weighted by molar-refractivity contribution is 0.347. The number of hydrogen-bond acceptors (Lipinski definition) is 5. The summed E-state index contributed by atoms with van der Waals surface area (Å²) < 4.78 is 10.6. The minimum Gasteiger partial charge on any atom is -0.456 e. The fourth-order valence-corrected chi connectivity index (χ4v) is 1.64. The summed E-state index contributed by atoms with van der Waals surface area (Å²) in [6, 6.07) is 3.66. The van der Waals surface area contributed by atoms with Crippen LogP contribution >= 0.6 is 0 Å². The van der Waals surface area contributed by atoms with Crippen molar-refractivity contribution in [3.05, 3.63) is 23.7 Å². The number of nitrogens with two attached hydrogens (primary N) is 1. The molecule has 0 fully saturated rings. The van der Waals surface area contributed by atoms with Crippen LogP contribution < -0.4 is 5.73 Å². The molecule has 0 bridgehead atoms. The smallest absolute Gasteiger partial charge is 0.293 e. The van der Waals surface area contributed by atoms with Crippen LogP contribution in [0.1, 0.15) is 38.3 Å². The topological polar surface area (TPSA) is 78.1 Å². The Bertz CT molecular complexity index is 497. The third-order valence-electron chi connectivity index (χ3n) is 3.08. The lowest BCUT2D eigenvalue weighted by Crippen LogP contribution is -2.36. The van der Waals surface area contributed by atoms with Crippen LogP contribution in [-0.4, -0.2) is 10.1 Å². The maximum atomic E-state index is 6.20. The van der Waals surface area contributed by atoms with Gasteiger partial charge in [-0.05, 0) is 31.9 Å². The molecule has 5 heteroatoms. The quantitative estimate of drug-likeness (QED) is 0.881. The van der Waals surface area contributed by atoms with Gasteiger partial charge in [-0.2, -0.15) is 4.98 Å². The van der Waals surface area contributed by atoms with Crippen molar-refractivity contribution >= 4 is 0 Å². The Hall–Kier alpha value is -1.62. The molecule has 92 valence electrons. The van der Waals surface area contributed by atoms with Crippen molar-refractivity contribution in [3.63, 3.8) is 0 Å². The minimum absolute atomic E-state index is 0.379. The Morgan fingerprint density at radius 1 is 1.29 bits per heavy atom. The van der Waals surface area contributed by atoms with Gasteiger partial charge in [0, 0.05) is 0 Å². The first-order chi connectivity index (χ1) is 8.09. The Morgan fingerprint density at radius 2 is 2.00 bits per heavy atom. The van der Waals surface area contributed by atoms with Crippen molar-refractivity contribution in [1.29, 1.82) is 0 Å². The van der Waals surface area contributed by atoms with Gasteiger partial charge in [0.05, 0.1) is 5.54 Å². The van der Waals surface area contributed by atoms with E-state index < -0.39 is 5.54 Å². The molecule has 2 aromatic rings. The van der Waals surface area contributed by atoms with Crippen LogP contribution in [0.3, 0.4) is 0 Å². The standard InChI is InChI=1S/C12H17N3O2/c1-4-12(13,5-2)11-14-10(17-15-11)9-7-6-8(3)16-9/h6-7H,4-5,13H2,1-3H3. The highest BCUT2D eigenvalue weighted by Crippen LogP contribution is 2.26. The number of rotatable bonds is 4. The molecule has 0 spiro atoms. The third kappa shape index (κ3) is 2.10. The van der Waals surface area contributed by atoms with Crippen molar-refractivity contribution in [3.8, 4) is 11.7 Å². The first kappa shape index (κ1) is 11.9. The summed E-state index contributed by atoms with van der Waals surface area (Å²) in [6.45, 7) is 5.89. The Kier molecular flexibility index (Phi) is 3.02. The summed E-state index contributed by atoms with van der Waals surface area (Å²) in [7, 11) is 0. The first-order valence-electron chi connectivity index (χ1n) is 5.79. The first-order valence-corrected chi connectivity index (χ1v) is 5.79. The molecule has 0 saturated heterocycles. The molecule has 2 N–H and O–H groups in total. The van der Waals surface area contributed by atoms with Gasteiger partial charge in [-0.25, -0.2) is 0 Å². The zero-order chi connectivity index (χ0) is 12.5. The number of nitrogens with zero attached hydrogens (tertiary/aromatic N) is 2. The second-order valence-corrected chi connectivity index (χ2v) is 4.20. The molecule has 0 unspecified atom stereocenters. The highest BCUT2D eigenvalue weighted by atomic mass is 16.5. The van der Waals surface area contributed by atoms with E-state index in [-0.39, 0.29) is 0 Å². The molecule has 0 aromatic carbocycles. The molecular weight excluding hydrogens is 218 g/mol. The Morgan fingerprint density at radius 3 is 2.53 bits per heavy atom. The lowest BCUT2D eigenvalue weighted by atomic mass is 9.93. The van der Waals surface area contributed by atoms with E-state index in [1.807, 2.05) is 32.9 Å². The fraction of sp³-hybridized carbons (Fsp3) is 0.500. The number of hydrogen-bond donors (Lipinski definition) is 1. The molecule has 2 aromatic heterocycles. The van der Waals surface area contributed by atoms with Gasteiger partial charge in [0.1, 0.15) is 5.76 Å². The third-order valence-corrected chi connectivity index (χ3v) is 3.08. The minimum atomic E-state index is -0.524. The average molecular weight is 235 g/mol. The van der Waals surface area contributed by atoms with Gasteiger partial charge in [0.15, 0.2) is 11.6 Å². The SMILES string of the molecule is CCC(N)(CC)c1noc(-c2ccc(C)o2)n1. The Labute approximate surface area is 100.0 Å². The summed E-state index contributed by atoms with van der Waals surface area (Å²) >= 11 is 0. The predicted octanol–water partition coefficient (Wildman–Crippen LogP) is 2.61. The molecule has 0 amide bonds. The lowest BCUT2D eigenvalue weighted by Gasteiger charge is -2.21. The van der Waals surface area contributed by atoms with Crippen molar-refractivity contribution in [2.45, 2.75) is 39.2 Å². The van der Waals surface area contributed by atoms with Gasteiger partial charge >= 0.3 is 0 Å². The molecule has 2 heterocycles. The van der Waals surface area contributed by atoms with Gasteiger partial charge in [0.2, 0.25) is 0 Å². The van der Waals surface area contributed by atoms with E-state index in [4.69, 9.17) is 14.7 Å². The van der Waals surface area contributed by atoms with E-state index in [1.165, 1.54) is 0 Å². The van der Waals surface area contributed by atoms with Gasteiger partial charge in [-0.15, -0.1) is 0 Å². The molecule has 2 rings (SSSR count). The van der Waals surface area contributed by atoms with E-state index in [9.17, 15) is 0 Å². The Balaban J connectivity index is 2.33. The highest BCUT2D eigenvalue weighted by molar-refractivity contribution is 5.44. The second-order valence-electron chi connectivity index (χ2n) is 4.20. The van der Waals surface area contributed by atoms with Gasteiger partial charge in [-0.3, -0.25) is 0 Å². The van der Waals surface area contributed by atoms with Gasteiger partial charge < -0.3 is 14.7 Å². The fourth-order valence-electron chi connectivity index (χ4n) is 1.64. The van der Waals surface area contributed by atoms with Gasteiger partial charge in [-0.1, -0.05) is 19.0 Å². The molecule has 0 aliphatic rings. The van der Waals surface area contributed by atoms with Crippen LogP contribution in [0.25, 0.3) is 11.7 Å². The molecule has 0 radical (unpaired) electrons. The van der Waals surface area contributed by atoms with Gasteiger partial charge in [0.25, 0.3) is 5.89 Å². The van der Waals surface area contributed by atoms with Crippen molar-refractivity contribution in [2.24, 2.45) is 5.73 Å². The van der Waals surface area contributed by atoms with E-state index in [0.29, 0.717) is 17.5 Å². The average Bonchev–Trinajstić information content (AvgIpc) is 2.96. The van der Waals surface area contributed by atoms with Crippen LogP contribution in [0.2, 0.25) is 0 Å². The van der Waals surface area contributed by atoms with Crippen molar-refractivity contribution in [1.82, 2.24) is 10.1 Å². The maximum absolute atomic E-state index is 6.20. The predicted molar refractivity (Wildman–Crippen MR) is 63.2 cm³/mol. The zero-order valence-electron chi connectivity index (χ0n) is 10.4. The summed E-state index contributed by atoms with van der Waals surface area (Å²) in [5, 5.41) is 3.94. The van der Waals surface area contributed by atoms with Crippen molar-refractivity contribution < 1.29 is 8.94 Å². The van der Waals surface area contributed by atoms with E-state index >= 15 is 0 Å². The monoisotopic (exact) mass is 235 g/mol. The van der Waals surface area contributed by atoms with Crippen LogP contribution in [-0.2, 0) is 5.54 Å². The normalized spacial score (nSPS) is 12.0. The van der Waals surface area contributed by atoms with Crippen molar-refractivity contribution in [2.75, 3.05) is 0 Å². The maximum Gasteiger partial charge on any atom is 0.293 e. The van der Waals surface area contributed by atoms with E-state index in [2.05, 4.69) is 10.1 Å². The number of furan rings is 1. The molecule has 17 heavy (non-hydrogen) atoms. The summed E-state index contributed by atoms with van der Waals surface area (Å²) in [5.41, 5.74) is 5.67. The number of aromatic nitrogens is 2. The molecule has 5 nitrogen and oxygen atoms in total. The van der Waals surface area contributed by atoms with E-state index in [0.717, 1.165) is 18.6 Å². The molecule has 0 aliphatic heterocycles. The van der Waals surface area contributed by atoms with E-state index in [1.54, 1.807) is 0 Å². The molecule has 0 aliphatic carbocycles. The zero-order valence-corrected chi connectivity index (χ0v) is 10.4.